The number of carbonyl (C=O) groups excluding carboxylic acids is 1. The van der Waals surface area contributed by atoms with Gasteiger partial charge in [0.2, 0.25) is 0 Å². The summed E-state index contributed by atoms with van der Waals surface area (Å²) in [7, 11) is 0. The number of amides is 1. The first-order valence-corrected chi connectivity index (χ1v) is 7.82. The molecule has 0 unspecified atom stereocenters. The van der Waals surface area contributed by atoms with Crippen molar-refractivity contribution in [2.45, 2.75) is 0 Å². The largest absolute Gasteiger partial charge is 0.378 e. The number of hydrogen-bond donors (Lipinski definition) is 1. The Balaban J connectivity index is 1.73. The van der Waals surface area contributed by atoms with Crippen molar-refractivity contribution in [1.29, 1.82) is 0 Å². The molecular weight excluding hydrogens is 339 g/mol. The van der Waals surface area contributed by atoms with E-state index in [-0.39, 0.29) is 5.91 Å². The minimum atomic E-state index is -0.150. The molecule has 0 aliphatic carbocycles. The van der Waals surface area contributed by atoms with Gasteiger partial charge in [-0.1, -0.05) is 29.3 Å². The molecule has 1 fully saturated rings. The Morgan fingerprint density at radius 1 is 1.09 bits per heavy atom. The molecular formula is C15H14Cl2N4O2. The van der Waals surface area contributed by atoms with E-state index in [0.29, 0.717) is 53.5 Å². The second-order valence-electron chi connectivity index (χ2n) is 4.93. The summed E-state index contributed by atoms with van der Waals surface area (Å²) >= 11 is 12.2. The zero-order valence-electron chi connectivity index (χ0n) is 12.1. The Kier molecular flexibility index (Phi) is 4.95. The fourth-order valence-corrected chi connectivity index (χ4v) is 2.68. The highest BCUT2D eigenvalue weighted by Gasteiger charge is 2.20. The number of hydrogen-bond acceptors (Lipinski definition) is 5. The number of anilines is 2. The molecule has 120 valence electrons. The molecule has 1 saturated heterocycles. The van der Waals surface area contributed by atoms with Crippen molar-refractivity contribution in [3.8, 4) is 0 Å². The Morgan fingerprint density at radius 2 is 1.78 bits per heavy atom. The topological polar surface area (TPSA) is 67.4 Å². The number of ether oxygens (including phenoxy) is 1. The lowest BCUT2D eigenvalue weighted by Gasteiger charge is -2.26. The van der Waals surface area contributed by atoms with Crippen molar-refractivity contribution in [1.82, 2.24) is 15.1 Å². The van der Waals surface area contributed by atoms with E-state index < -0.39 is 0 Å². The molecule has 3 rings (SSSR count). The minimum absolute atomic E-state index is 0.150. The van der Waals surface area contributed by atoms with E-state index in [1.807, 2.05) is 0 Å². The van der Waals surface area contributed by atoms with Crippen molar-refractivity contribution < 1.29 is 9.53 Å². The first kappa shape index (κ1) is 16.0. The van der Waals surface area contributed by atoms with E-state index in [1.165, 1.54) is 0 Å². The van der Waals surface area contributed by atoms with Gasteiger partial charge in [-0.2, -0.15) is 0 Å². The highest BCUT2D eigenvalue weighted by Crippen LogP contribution is 2.31. The standard InChI is InChI=1S/C15H14Cl2N4O2/c16-10-2-1-3-11(17)14(10)18-13-5-4-12(19-20-13)15(22)21-6-8-23-9-7-21/h1-5H,6-9H2,(H,18,20). The summed E-state index contributed by atoms with van der Waals surface area (Å²) in [6.45, 7) is 2.22. The molecule has 0 atom stereocenters. The van der Waals surface area contributed by atoms with Crippen LogP contribution >= 0.6 is 23.2 Å². The molecule has 1 aromatic heterocycles. The van der Waals surface area contributed by atoms with Crippen LogP contribution in [0.15, 0.2) is 30.3 Å². The summed E-state index contributed by atoms with van der Waals surface area (Å²) in [5, 5.41) is 12.0. The summed E-state index contributed by atoms with van der Waals surface area (Å²) in [5.41, 5.74) is 0.847. The number of carbonyl (C=O) groups is 1. The second kappa shape index (κ2) is 7.12. The summed E-state index contributed by atoms with van der Waals surface area (Å²) in [6, 6.07) is 8.49. The summed E-state index contributed by atoms with van der Waals surface area (Å²) in [5.74, 6) is 0.307. The molecule has 2 heterocycles. The molecule has 1 N–H and O–H groups in total. The third kappa shape index (κ3) is 3.72. The van der Waals surface area contributed by atoms with Crippen LogP contribution in [-0.4, -0.2) is 47.3 Å². The van der Waals surface area contributed by atoms with Crippen molar-refractivity contribution in [2.75, 3.05) is 31.6 Å². The van der Waals surface area contributed by atoms with Gasteiger partial charge >= 0.3 is 0 Å². The van der Waals surface area contributed by atoms with Crippen molar-refractivity contribution in [3.05, 3.63) is 46.1 Å². The van der Waals surface area contributed by atoms with Crippen molar-refractivity contribution >= 4 is 40.6 Å². The molecule has 0 spiro atoms. The van der Waals surface area contributed by atoms with Crippen LogP contribution in [0, 0.1) is 0 Å². The SMILES string of the molecule is O=C(c1ccc(Nc2c(Cl)cccc2Cl)nn1)N1CCOCC1. The normalized spacial score (nSPS) is 14.6. The number of nitrogens with zero attached hydrogens (tertiary/aromatic N) is 3. The van der Waals surface area contributed by atoms with Crippen LogP contribution in [0.25, 0.3) is 0 Å². The lowest BCUT2D eigenvalue weighted by molar-refractivity contribution is 0.0298. The number of para-hydroxylation sites is 1. The highest BCUT2D eigenvalue weighted by atomic mass is 35.5. The van der Waals surface area contributed by atoms with Crippen LogP contribution in [0.3, 0.4) is 0 Å². The molecule has 6 nitrogen and oxygen atoms in total. The smallest absolute Gasteiger partial charge is 0.274 e. The lowest BCUT2D eigenvalue weighted by Crippen LogP contribution is -2.41. The molecule has 1 amide bonds. The van der Waals surface area contributed by atoms with Crippen LogP contribution in [0.5, 0.6) is 0 Å². The monoisotopic (exact) mass is 352 g/mol. The Bertz CT molecular complexity index is 683. The number of benzene rings is 1. The van der Waals surface area contributed by atoms with E-state index in [9.17, 15) is 4.79 Å². The van der Waals surface area contributed by atoms with E-state index in [4.69, 9.17) is 27.9 Å². The lowest BCUT2D eigenvalue weighted by atomic mass is 10.3. The molecule has 1 aliphatic rings. The van der Waals surface area contributed by atoms with Gasteiger partial charge in [-0.25, -0.2) is 0 Å². The third-order valence-corrected chi connectivity index (χ3v) is 4.03. The second-order valence-corrected chi connectivity index (χ2v) is 5.74. The van der Waals surface area contributed by atoms with Gasteiger partial charge in [0.05, 0.1) is 28.9 Å². The van der Waals surface area contributed by atoms with Crippen molar-refractivity contribution in [3.63, 3.8) is 0 Å². The zero-order valence-corrected chi connectivity index (χ0v) is 13.6. The Labute approximate surface area is 143 Å². The molecule has 1 aliphatic heterocycles. The average molecular weight is 353 g/mol. The van der Waals surface area contributed by atoms with Crippen LogP contribution < -0.4 is 5.32 Å². The highest BCUT2D eigenvalue weighted by molar-refractivity contribution is 6.39. The van der Waals surface area contributed by atoms with Crippen LogP contribution in [-0.2, 0) is 4.74 Å². The maximum Gasteiger partial charge on any atom is 0.274 e. The number of aromatic nitrogens is 2. The quantitative estimate of drug-likeness (QED) is 0.919. The molecule has 1 aromatic carbocycles. The number of rotatable bonds is 3. The van der Waals surface area contributed by atoms with Gasteiger partial charge in [0.25, 0.3) is 5.91 Å². The van der Waals surface area contributed by atoms with Crippen LogP contribution in [0.4, 0.5) is 11.5 Å². The van der Waals surface area contributed by atoms with Crippen LogP contribution in [0.1, 0.15) is 10.5 Å². The maximum absolute atomic E-state index is 12.3. The first-order chi connectivity index (χ1) is 11.1. The van der Waals surface area contributed by atoms with Gasteiger partial charge < -0.3 is 15.0 Å². The van der Waals surface area contributed by atoms with E-state index in [2.05, 4.69) is 15.5 Å². The number of nitrogens with one attached hydrogen (secondary N) is 1. The van der Waals surface area contributed by atoms with Crippen molar-refractivity contribution in [2.24, 2.45) is 0 Å². The fraction of sp³-hybridized carbons (Fsp3) is 0.267. The molecule has 0 radical (unpaired) electrons. The minimum Gasteiger partial charge on any atom is -0.378 e. The third-order valence-electron chi connectivity index (χ3n) is 3.40. The summed E-state index contributed by atoms with van der Waals surface area (Å²) in [4.78, 5) is 14.0. The first-order valence-electron chi connectivity index (χ1n) is 7.07. The van der Waals surface area contributed by atoms with Gasteiger partial charge in [-0.05, 0) is 24.3 Å². The van der Waals surface area contributed by atoms with E-state index >= 15 is 0 Å². The zero-order chi connectivity index (χ0) is 16.2. The molecule has 0 saturated carbocycles. The fourth-order valence-electron chi connectivity index (χ4n) is 2.19. The number of morpholine rings is 1. The van der Waals surface area contributed by atoms with Gasteiger partial charge in [-0.15, -0.1) is 10.2 Å². The Hall–Kier alpha value is -1.89. The molecule has 2 aromatic rings. The van der Waals surface area contributed by atoms with Gasteiger partial charge in [0, 0.05) is 13.1 Å². The summed E-state index contributed by atoms with van der Waals surface area (Å²) in [6.07, 6.45) is 0. The maximum atomic E-state index is 12.3. The van der Waals surface area contributed by atoms with Gasteiger partial charge in [0.1, 0.15) is 0 Å². The molecule has 8 heteroatoms. The van der Waals surface area contributed by atoms with Crippen LogP contribution in [0.2, 0.25) is 10.0 Å². The molecule has 23 heavy (non-hydrogen) atoms. The van der Waals surface area contributed by atoms with Gasteiger partial charge in [-0.3, -0.25) is 4.79 Å². The summed E-state index contributed by atoms with van der Waals surface area (Å²) < 4.78 is 5.23. The van der Waals surface area contributed by atoms with Gasteiger partial charge in [0.15, 0.2) is 11.5 Å². The predicted molar refractivity (Wildman–Crippen MR) is 88.5 cm³/mol. The number of halogens is 2. The molecule has 0 bridgehead atoms. The Morgan fingerprint density at radius 3 is 2.39 bits per heavy atom. The van der Waals surface area contributed by atoms with E-state index in [1.54, 1.807) is 35.2 Å². The van der Waals surface area contributed by atoms with E-state index in [0.717, 1.165) is 0 Å². The average Bonchev–Trinajstić information content (AvgIpc) is 2.59. The predicted octanol–water partition coefficient (Wildman–Crippen LogP) is 3.00.